The molecule has 0 radical (unpaired) electrons. The van der Waals surface area contributed by atoms with E-state index in [9.17, 15) is 0 Å². The molecule has 6 heteroatoms. The van der Waals surface area contributed by atoms with Crippen molar-refractivity contribution >= 4 is 75.4 Å². The molecule has 7 aromatic carbocycles. The second-order valence-electron chi connectivity index (χ2n) is 12.8. The Bertz CT molecular complexity index is 3160. The summed E-state index contributed by atoms with van der Waals surface area (Å²) < 4.78 is 15.3. The van der Waals surface area contributed by atoms with Crippen molar-refractivity contribution in [2.24, 2.45) is 0 Å². The van der Waals surface area contributed by atoms with Crippen molar-refractivity contribution in [2.75, 3.05) is 0 Å². The standard InChI is InChI=1S/C45H25N3O2S/c1-2-9-26(10-3-1)43-46-44(29-18-21-33-32-12-5-7-16-40(32)51-41(33)25-29)48-45(47-43)35-14-8-13-34-36-23-27(19-22-38(36)50-42(34)35)28-17-20-31-30-11-4-6-15-37(30)49-39(31)24-28/h1-25H. The van der Waals surface area contributed by atoms with Gasteiger partial charge >= 0.3 is 0 Å². The summed E-state index contributed by atoms with van der Waals surface area (Å²) in [4.78, 5) is 15.2. The fraction of sp³-hybridized carbons (Fsp3) is 0. The maximum absolute atomic E-state index is 6.60. The SMILES string of the molecule is c1ccc(-c2nc(-c3ccc4c(c3)sc3ccccc34)nc(-c3cccc4c3oc3ccc(-c5ccc6c(c5)oc5ccccc56)cc34)n2)cc1. The molecule has 0 fully saturated rings. The number of nitrogens with zero attached hydrogens (tertiary/aromatic N) is 3. The quantitative estimate of drug-likeness (QED) is 0.186. The normalized spacial score (nSPS) is 11.9. The number of benzene rings is 7. The first-order chi connectivity index (χ1) is 25.2. The monoisotopic (exact) mass is 671 g/mol. The predicted octanol–water partition coefficient (Wildman–Crippen LogP) is 12.7. The molecule has 0 bridgehead atoms. The molecule has 0 aliphatic rings. The maximum atomic E-state index is 6.60. The molecule has 0 aliphatic carbocycles. The van der Waals surface area contributed by atoms with Gasteiger partial charge in [-0.1, -0.05) is 103 Å². The zero-order valence-electron chi connectivity index (χ0n) is 27.0. The van der Waals surface area contributed by atoms with Crippen LogP contribution in [0.5, 0.6) is 0 Å². The van der Waals surface area contributed by atoms with Gasteiger partial charge in [0.05, 0.1) is 5.56 Å². The fourth-order valence-corrected chi connectivity index (χ4v) is 8.41. The van der Waals surface area contributed by atoms with Crippen LogP contribution in [0, 0.1) is 0 Å². The Hall–Kier alpha value is -6.63. The summed E-state index contributed by atoms with van der Waals surface area (Å²) in [7, 11) is 0. The van der Waals surface area contributed by atoms with E-state index in [0.29, 0.717) is 17.5 Å². The minimum atomic E-state index is 0.565. The highest BCUT2D eigenvalue weighted by molar-refractivity contribution is 7.25. The fourth-order valence-electron chi connectivity index (χ4n) is 7.27. The Balaban J connectivity index is 1.06. The van der Waals surface area contributed by atoms with E-state index >= 15 is 0 Å². The molecular weight excluding hydrogens is 647 g/mol. The molecule has 0 atom stereocenters. The molecular formula is C45H25N3O2S. The molecule has 4 aromatic heterocycles. The van der Waals surface area contributed by atoms with Gasteiger partial charge in [-0.25, -0.2) is 15.0 Å². The first kappa shape index (κ1) is 28.2. The van der Waals surface area contributed by atoms with Gasteiger partial charge in [-0.3, -0.25) is 0 Å². The van der Waals surface area contributed by atoms with Crippen molar-refractivity contribution in [3.8, 4) is 45.3 Å². The summed E-state index contributed by atoms with van der Waals surface area (Å²) >= 11 is 1.79. The molecule has 0 amide bonds. The number of rotatable bonds is 4. The van der Waals surface area contributed by atoms with Gasteiger partial charge in [0.2, 0.25) is 0 Å². The lowest BCUT2D eigenvalue weighted by Crippen LogP contribution is -2.00. The smallest absolute Gasteiger partial charge is 0.167 e. The lowest BCUT2D eigenvalue weighted by atomic mass is 10.0. The first-order valence-corrected chi connectivity index (χ1v) is 17.7. The average Bonchev–Trinajstić information content (AvgIpc) is 3.88. The second-order valence-corrected chi connectivity index (χ2v) is 13.9. The molecule has 0 aliphatic heterocycles. The number of para-hydroxylation sites is 2. The van der Waals surface area contributed by atoms with Crippen molar-refractivity contribution in [1.82, 2.24) is 15.0 Å². The Labute approximate surface area is 295 Å². The highest BCUT2D eigenvalue weighted by atomic mass is 32.1. The Morgan fingerprint density at radius 2 is 1.00 bits per heavy atom. The predicted molar refractivity (Wildman–Crippen MR) is 209 cm³/mol. The van der Waals surface area contributed by atoms with Gasteiger partial charge in [0, 0.05) is 52.8 Å². The van der Waals surface area contributed by atoms with Crippen LogP contribution >= 0.6 is 11.3 Å². The van der Waals surface area contributed by atoms with Crippen LogP contribution in [0.1, 0.15) is 0 Å². The molecule has 4 heterocycles. The molecule has 5 nitrogen and oxygen atoms in total. The number of hydrogen-bond donors (Lipinski definition) is 0. The van der Waals surface area contributed by atoms with Crippen LogP contribution in [0.25, 0.3) is 109 Å². The minimum Gasteiger partial charge on any atom is -0.456 e. The lowest BCUT2D eigenvalue weighted by Gasteiger charge is -2.09. The van der Waals surface area contributed by atoms with Gasteiger partial charge in [0.15, 0.2) is 17.5 Å². The average molecular weight is 672 g/mol. The maximum Gasteiger partial charge on any atom is 0.167 e. The molecule has 0 saturated heterocycles. The van der Waals surface area contributed by atoms with E-state index in [1.54, 1.807) is 11.3 Å². The molecule has 0 unspecified atom stereocenters. The van der Waals surface area contributed by atoms with Crippen molar-refractivity contribution in [3.05, 3.63) is 152 Å². The highest BCUT2D eigenvalue weighted by Gasteiger charge is 2.19. The minimum absolute atomic E-state index is 0.565. The Morgan fingerprint density at radius 1 is 0.353 bits per heavy atom. The van der Waals surface area contributed by atoms with Crippen LogP contribution in [0.2, 0.25) is 0 Å². The Kier molecular flexibility index (Phi) is 6.05. The molecule has 11 rings (SSSR count). The van der Waals surface area contributed by atoms with Crippen LogP contribution in [0.3, 0.4) is 0 Å². The van der Waals surface area contributed by atoms with E-state index in [0.717, 1.165) is 71.7 Å². The van der Waals surface area contributed by atoms with E-state index in [2.05, 4.69) is 91.0 Å². The third kappa shape index (κ3) is 4.50. The number of furan rings is 2. The third-order valence-corrected chi connectivity index (χ3v) is 10.9. The summed E-state index contributed by atoms with van der Waals surface area (Å²) in [6, 6.07) is 52.2. The zero-order valence-corrected chi connectivity index (χ0v) is 27.8. The number of hydrogen-bond acceptors (Lipinski definition) is 6. The second kappa shape index (κ2) is 10.9. The van der Waals surface area contributed by atoms with Gasteiger partial charge in [-0.15, -0.1) is 11.3 Å². The van der Waals surface area contributed by atoms with E-state index in [4.69, 9.17) is 23.8 Å². The van der Waals surface area contributed by atoms with Gasteiger partial charge in [0.25, 0.3) is 0 Å². The van der Waals surface area contributed by atoms with Crippen LogP contribution in [-0.4, -0.2) is 15.0 Å². The van der Waals surface area contributed by atoms with Crippen LogP contribution in [-0.2, 0) is 0 Å². The summed E-state index contributed by atoms with van der Waals surface area (Å²) in [5.74, 6) is 1.80. The number of aromatic nitrogens is 3. The number of fused-ring (bicyclic) bond motifs is 9. The first-order valence-electron chi connectivity index (χ1n) is 16.8. The van der Waals surface area contributed by atoms with Crippen molar-refractivity contribution in [3.63, 3.8) is 0 Å². The van der Waals surface area contributed by atoms with Crippen LogP contribution in [0.15, 0.2) is 160 Å². The molecule has 11 aromatic rings. The molecule has 238 valence electrons. The van der Waals surface area contributed by atoms with E-state index in [1.807, 2.05) is 60.7 Å². The summed E-state index contributed by atoms with van der Waals surface area (Å²) in [5, 5.41) is 6.77. The Morgan fingerprint density at radius 3 is 1.92 bits per heavy atom. The van der Waals surface area contributed by atoms with Gasteiger partial charge in [-0.2, -0.15) is 0 Å². The van der Waals surface area contributed by atoms with Gasteiger partial charge in [-0.05, 0) is 59.7 Å². The molecule has 0 saturated carbocycles. The molecule has 0 N–H and O–H groups in total. The van der Waals surface area contributed by atoms with Crippen LogP contribution < -0.4 is 0 Å². The van der Waals surface area contributed by atoms with Crippen LogP contribution in [0.4, 0.5) is 0 Å². The molecule has 51 heavy (non-hydrogen) atoms. The molecule has 0 spiro atoms. The van der Waals surface area contributed by atoms with E-state index in [1.165, 1.54) is 20.2 Å². The lowest BCUT2D eigenvalue weighted by molar-refractivity contribution is 0.669. The van der Waals surface area contributed by atoms with Gasteiger partial charge in [0.1, 0.15) is 22.3 Å². The van der Waals surface area contributed by atoms with E-state index in [-0.39, 0.29) is 0 Å². The number of thiophene rings is 1. The van der Waals surface area contributed by atoms with Crippen molar-refractivity contribution < 1.29 is 8.83 Å². The summed E-state index contributed by atoms with van der Waals surface area (Å²) in [5.41, 5.74) is 8.17. The van der Waals surface area contributed by atoms with Crippen molar-refractivity contribution in [2.45, 2.75) is 0 Å². The summed E-state index contributed by atoms with van der Waals surface area (Å²) in [6.07, 6.45) is 0. The zero-order chi connectivity index (χ0) is 33.5. The summed E-state index contributed by atoms with van der Waals surface area (Å²) in [6.45, 7) is 0. The van der Waals surface area contributed by atoms with Gasteiger partial charge < -0.3 is 8.83 Å². The topological polar surface area (TPSA) is 65.0 Å². The van der Waals surface area contributed by atoms with Crippen molar-refractivity contribution in [1.29, 1.82) is 0 Å². The third-order valence-electron chi connectivity index (χ3n) is 9.75. The van der Waals surface area contributed by atoms with E-state index < -0.39 is 0 Å². The highest BCUT2D eigenvalue weighted by Crippen LogP contribution is 2.40. The largest absolute Gasteiger partial charge is 0.456 e.